The van der Waals surface area contributed by atoms with E-state index in [0.29, 0.717) is 24.3 Å². The Morgan fingerprint density at radius 2 is 1.37 bits per heavy atom. The number of pyridine rings is 1. The highest BCUT2D eigenvalue weighted by molar-refractivity contribution is 5.91. The van der Waals surface area contributed by atoms with Gasteiger partial charge in [-0.25, -0.2) is 13.6 Å². The summed E-state index contributed by atoms with van der Waals surface area (Å²) >= 11 is 0. The van der Waals surface area contributed by atoms with Gasteiger partial charge in [0.15, 0.2) is 0 Å². The quantitative estimate of drug-likeness (QED) is 0.139. The Balaban J connectivity index is 1.52. The molecule has 3 rings (SSSR count). The summed E-state index contributed by atoms with van der Waals surface area (Å²) in [4.78, 5) is 16.8. The smallest absolute Gasteiger partial charge is 0.349 e. The zero-order chi connectivity index (χ0) is 27.2. The van der Waals surface area contributed by atoms with Gasteiger partial charge in [-0.1, -0.05) is 65.2 Å². The fourth-order valence-corrected chi connectivity index (χ4v) is 4.28. The lowest BCUT2D eigenvalue weighted by molar-refractivity contribution is 0.0724. The van der Waals surface area contributed by atoms with Crippen molar-refractivity contribution in [1.82, 2.24) is 4.98 Å². The van der Waals surface area contributed by atoms with Crippen molar-refractivity contribution >= 4 is 5.97 Å². The van der Waals surface area contributed by atoms with Gasteiger partial charge in [-0.15, -0.1) is 0 Å². The molecule has 1 heterocycles. The van der Waals surface area contributed by atoms with Gasteiger partial charge in [0.25, 0.3) is 0 Å². The molecule has 0 N–H and O–H groups in total. The van der Waals surface area contributed by atoms with Crippen LogP contribution >= 0.6 is 0 Å². The van der Waals surface area contributed by atoms with Crippen molar-refractivity contribution in [2.75, 3.05) is 6.61 Å². The van der Waals surface area contributed by atoms with Crippen molar-refractivity contribution < 1.29 is 23.0 Å². The summed E-state index contributed by atoms with van der Waals surface area (Å²) in [7, 11) is 0. The van der Waals surface area contributed by atoms with Crippen molar-refractivity contribution in [2.24, 2.45) is 0 Å². The normalized spacial score (nSPS) is 10.9. The molecule has 0 spiro atoms. The van der Waals surface area contributed by atoms with Crippen LogP contribution < -0.4 is 9.47 Å². The predicted octanol–water partition coefficient (Wildman–Crippen LogP) is 9.11. The van der Waals surface area contributed by atoms with Crippen LogP contribution in [0.2, 0.25) is 0 Å². The molecular weight excluding hydrogens is 484 g/mol. The van der Waals surface area contributed by atoms with E-state index in [2.05, 4.69) is 18.8 Å². The van der Waals surface area contributed by atoms with E-state index in [1.54, 1.807) is 12.1 Å². The molecule has 0 saturated carbocycles. The molecule has 204 valence electrons. The van der Waals surface area contributed by atoms with E-state index in [0.717, 1.165) is 43.4 Å². The van der Waals surface area contributed by atoms with Gasteiger partial charge < -0.3 is 9.47 Å². The van der Waals surface area contributed by atoms with Gasteiger partial charge in [0, 0.05) is 5.56 Å². The van der Waals surface area contributed by atoms with Gasteiger partial charge >= 0.3 is 5.97 Å². The highest BCUT2D eigenvalue weighted by Gasteiger charge is 2.21. The topological polar surface area (TPSA) is 48.4 Å². The highest BCUT2D eigenvalue weighted by atomic mass is 19.1. The third-order valence-electron chi connectivity index (χ3n) is 6.49. The van der Waals surface area contributed by atoms with Gasteiger partial charge in [-0.2, -0.15) is 0 Å². The third-order valence-corrected chi connectivity index (χ3v) is 6.49. The monoisotopic (exact) mass is 523 g/mol. The maximum Gasteiger partial charge on any atom is 0.349 e. The SMILES string of the molecule is CCCCCCCCOc1ccc(-c2ccc(OC(=O)c3c(F)cc(CCCCCC)cc3F)cn2)cc1. The lowest BCUT2D eigenvalue weighted by atomic mass is 10.0. The van der Waals surface area contributed by atoms with Gasteiger partial charge in [-0.05, 0) is 73.4 Å². The van der Waals surface area contributed by atoms with E-state index in [9.17, 15) is 13.6 Å². The number of nitrogens with zero attached hydrogens (tertiary/aromatic N) is 1. The van der Waals surface area contributed by atoms with Gasteiger partial charge in [0.1, 0.15) is 28.7 Å². The van der Waals surface area contributed by atoms with Gasteiger partial charge in [-0.3, -0.25) is 4.98 Å². The average molecular weight is 524 g/mol. The minimum atomic E-state index is -1.08. The standard InChI is InChI=1S/C32H39F2NO3/c1-3-5-7-9-10-12-20-37-26-16-14-25(15-17-26)30-19-18-27(23-35-30)38-32(36)31-28(33)21-24(22-29(31)34)13-11-8-6-4-2/h14-19,21-23H,3-13,20H2,1-2H3. The molecule has 1 aromatic heterocycles. The van der Waals surface area contributed by atoms with Crippen LogP contribution in [0.3, 0.4) is 0 Å². The summed E-state index contributed by atoms with van der Waals surface area (Å²) in [5.41, 5.74) is 1.40. The van der Waals surface area contributed by atoms with Crippen LogP contribution in [0.15, 0.2) is 54.7 Å². The van der Waals surface area contributed by atoms with Crippen LogP contribution in [0.4, 0.5) is 8.78 Å². The number of ether oxygens (including phenoxy) is 2. The van der Waals surface area contributed by atoms with Gasteiger partial charge in [0.05, 0.1) is 18.5 Å². The summed E-state index contributed by atoms with van der Waals surface area (Å²) in [6.07, 6.45) is 13.3. The van der Waals surface area contributed by atoms with Crippen LogP contribution in [0, 0.1) is 11.6 Å². The Kier molecular flexibility index (Phi) is 12.2. The first-order chi connectivity index (χ1) is 18.5. The molecule has 3 aromatic rings. The number of halogens is 2. The first-order valence-electron chi connectivity index (χ1n) is 13.9. The molecule has 0 radical (unpaired) electrons. The van der Waals surface area contributed by atoms with E-state index in [-0.39, 0.29) is 5.75 Å². The second-order valence-electron chi connectivity index (χ2n) is 9.65. The fourth-order valence-electron chi connectivity index (χ4n) is 4.28. The first-order valence-corrected chi connectivity index (χ1v) is 13.9. The van der Waals surface area contributed by atoms with Crippen LogP contribution in [-0.2, 0) is 6.42 Å². The lowest BCUT2D eigenvalue weighted by Crippen LogP contribution is -2.14. The molecule has 0 bridgehead atoms. The second-order valence-corrected chi connectivity index (χ2v) is 9.65. The number of hydrogen-bond acceptors (Lipinski definition) is 4. The van der Waals surface area contributed by atoms with E-state index in [4.69, 9.17) is 9.47 Å². The molecule has 0 aliphatic rings. The Morgan fingerprint density at radius 3 is 2.00 bits per heavy atom. The van der Waals surface area contributed by atoms with Crippen molar-refractivity contribution in [3.05, 3.63) is 77.5 Å². The van der Waals surface area contributed by atoms with Crippen LogP contribution in [0.1, 0.15) is 94.0 Å². The van der Waals surface area contributed by atoms with E-state index in [1.807, 2.05) is 24.3 Å². The second kappa shape index (κ2) is 15.9. The molecule has 0 aliphatic carbocycles. The fraction of sp³-hybridized carbons (Fsp3) is 0.438. The zero-order valence-corrected chi connectivity index (χ0v) is 22.6. The summed E-state index contributed by atoms with van der Waals surface area (Å²) in [6, 6.07) is 13.3. The first kappa shape index (κ1) is 29.3. The number of aryl methyl sites for hydroxylation is 1. The zero-order valence-electron chi connectivity index (χ0n) is 22.6. The van der Waals surface area contributed by atoms with Crippen molar-refractivity contribution in [3.63, 3.8) is 0 Å². The average Bonchev–Trinajstić information content (AvgIpc) is 2.91. The van der Waals surface area contributed by atoms with E-state index < -0.39 is 23.2 Å². The number of unbranched alkanes of at least 4 members (excludes halogenated alkanes) is 8. The van der Waals surface area contributed by atoms with E-state index in [1.165, 1.54) is 50.4 Å². The maximum atomic E-state index is 14.6. The third kappa shape index (κ3) is 9.23. The van der Waals surface area contributed by atoms with Crippen molar-refractivity contribution in [2.45, 2.75) is 84.5 Å². The lowest BCUT2D eigenvalue weighted by Gasteiger charge is -2.09. The molecule has 0 aliphatic heterocycles. The molecule has 6 heteroatoms. The largest absolute Gasteiger partial charge is 0.494 e. The number of aromatic nitrogens is 1. The molecular formula is C32H39F2NO3. The summed E-state index contributed by atoms with van der Waals surface area (Å²) in [5, 5.41) is 0. The predicted molar refractivity (Wildman–Crippen MR) is 148 cm³/mol. The Morgan fingerprint density at radius 1 is 0.763 bits per heavy atom. The molecule has 4 nitrogen and oxygen atoms in total. The summed E-state index contributed by atoms with van der Waals surface area (Å²) in [5.74, 6) is -1.99. The van der Waals surface area contributed by atoms with Crippen LogP contribution in [0.25, 0.3) is 11.3 Å². The van der Waals surface area contributed by atoms with Crippen molar-refractivity contribution in [3.8, 4) is 22.8 Å². The number of esters is 1. The number of hydrogen-bond donors (Lipinski definition) is 0. The highest BCUT2D eigenvalue weighted by Crippen LogP contribution is 2.24. The van der Waals surface area contributed by atoms with Crippen molar-refractivity contribution in [1.29, 1.82) is 0 Å². The van der Waals surface area contributed by atoms with Crippen LogP contribution in [-0.4, -0.2) is 17.6 Å². The molecule has 0 unspecified atom stereocenters. The minimum absolute atomic E-state index is 0.111. The summed E-state index contributed by atoms with van der Waals surface area (Å²) < 4.78 is 40.1. The Labute approximate surface area is 225 Å². The molecule has 0 saturated heterocycles. The Bertz CT molecular complexity index is 1110. The molecule has 0 amide bonds. The maximum absolute atomic E-state index is 14.6. The number of rotatable bonds is 16. The molecule has 0 fully saturated rings. The van der Waals surface area contributed by atoms with Gasteiger partial charge in [0.2, 0.25) is 0 Å². The van der Waals surface area contributed by atoms with Crippen LogP contribution in [0.5, 0.6) is 11.5 Å². The number of benzene rings is 2. The summed E-state index contributed by atoms with van der Waals surface area (Å²) in [6.45, 7) is 5.02. The van der Waals surface area contributed by atoms with E-state index >= 15 is 0 Å². The molecule has 2 aromatic carbocycles. The minimum Gasteiger partial charge on any atom is -0.494 e. The Hall–Kier alpha value is -3.28. The number of carbonyl (C=O) groups is 1. The molecule has 38 heavy (non-hydrogen) atoms. The molecule has 0 atom stereocenters. The number of carbonyl (C=O) groups excluding carboxylic acids is 1.